The van der Waals surface area contributed by atoms with Crippen LogP contribution in [0.25, 0.3) is 0 Å². The Balaban J connectivity index is 2.24. The van der Waals surface area contributed by atoms with Crippen molar-refractivity contribution >= 4 is 17.6 Å². The van der Waals surface area contributed by atoms with Crippen molar-refractivity contribution in [1.82, 2.24) is 0 Å². The van der Waals surface area contributed by atoms with E-state index in [0.29, 0.717) is 0 Å². The van der Waals surface area contributed by atoms with Gasteiger partial charge in [-0.05, 0) is 12.8 Å². The summed E-state index contributed by atoms with van der Waals surface area (Å²) in [6, 6.07) is 0. The molecule has 3 heteroatoms. The molecule has 0 bridgehead atoms. The number of carbonyl (C=O) groups is 1. The third-order valence-corrected chi connectivity index (χ3v) is 4.20. The monoisotopic (exact) mass is 200 g/mol. The molecule has 2 saturated carbocycles. The fraction of sp³-hybridized carbons (Fsp3) is 0.700. The van der Waals surface area contributed by atoms with Gasteiger partial charge >= 0.3 is 5.97 Å². The predicted molar refractivity (Wildman–Crippen MR) is 50.8 cm³/mol. The van der Waals surface area contributed by atoms with Crippen LogP contribution in [0.15, 0.2) is 11.6 Å². The first-order valence-electron chi connectivity index (χ1n) is 4.52. The van der Waals surface area contributed by atoms with E-state index in [4.69, 9.17) is 16.7 Å². The molecule has 2 atom stereocenters. The highest BCUT2D eigenvalue weighted by molar-refractivity contribution is 6.37. The fourth-order valence-electron chi connectivity index (χ4n) is 1.96. The van der Waals surface area contributed by atoms with Crippen LogP contribution in [0.1, 0.15) is 26.7 Å². The summed E-state index contributed by atoms with van der Waals surface area (Å²) < 4.78 is 0. The Kier molecular flexibility index (Phi) is 1.60. The Labute approximate surface area is 82.6 Å². The summed E-state index contributed by atoms with van der Waals surface area (Å²) in [5.41, 5.74) is 1.07. The maximum atomic E-state index is 11.0. The van der Waals surface area contributed by atoms with Crippen molar-refractivity contribution < 1.29 is 9.90 Å². The second-order valence-electron chi connectivity index (χ2n) is 4.54. The van der Waals surface area contributed by atoms with Crippen molar-refractivity contribution in [2.45, 2.75) is 31.6 Å². The number of aliphatic carboxylic acids is 1. The van der Waals surface area contributed by atoms with Gasteiger partial charge in [0.05, 0.1) is 0 Å². The summed E-state index contributed by atoms with van der Waals surface area (Å²) in [7, 11) is 0. The summed E-state index contributed by atoms with van der Waals surface area (Å²) in [6.45, 7) is 3.83. The lowest BCUT2D eigenvalue weighted by Gasteiger charge is -2.03. The summed E-state index contributed by atoms with van der Waals surface area (Å²) in [5, 5.41) is 8.99. The maximum Gasteiger partial charge on any atom is 0.325 e. The molecule has 2 unspecified atom stereocenters. The minimum absolute atomic E-state index is 0.0108. The zero-order valence-corrected chi connectivity index (χ0v) is 8.56. The van der Waals surface area contributed by atoms with Crippen LogP contribution in [0.5, 0.6) is 0 Å². The van der Waals surface area contributed by atoms with Crippen LogP contribution in [0, 0.1) is 11.3 Å². The van der Waals surface area contributed by atoms with Gasteiger partial charge in [0, 0.05) is 11.3 Å². The van der Waals surface area contributed by atoms with E-state index >= 15 is 0 Å². The maximum absolute atomic E-state index is 11.0. The number of carboxylic acid groups (broad SMARTS) is 1. The summed E-state index contributed by atoms with van der Waals surface area (Å²) >= 11 is 6.06. The predicted octanol–water partition coefficient (Wildman–Crippen LogP) is 2.42. The molecule has 0 aromatic carbocycles. The molecule has 2 aliphatic carbocycles. The van der Waals surface area contributed by atoms with Gasteiger partial charge in [-0.25, -0.2) is 0 Å². The van der Waals surface area contributed by atoms with Crippen molar-refractivity contribution in [2.75, 3.05) is 0 Å². The van der Waals surface area contributed by atoms with Crippen LogP contribution in [-0.4, -0.2) is 16.0 Å². The summed E-state index contributed by atoms with van der Waals surface area (Å²) in [6.07, 6.45) is 4.31. The molecule has 0 aromatic rings. The van der Waals surface area contributed by atoms with E-state index in [1.54, 1.807) is 0 Å². The Morgan fingerprint density at radius 3 is 2.46 bits per heavy atom. The fourth-order valence-corrected chi connectivity index (χ4v) is 2.35. The number of hydrogen-bond acceptors (Lipinski definition) is 1. The SMILES string of the molecule is CC1(C)C(C=C2CC2)C1(Cl)C(=O)O. The molecule has 2 aliphatic rings. The van der Waals surface area contributed by atoms with Crippen molar-refractivity contribution in [3.05, 3.63) is 11.6 Å². The van der Waals surface area contributed by atoms with Gasteiger partial charge in [-0.3, -0.25) is 4.79 Å². The first-order valence-corrected chi connectivity index (χ1v) is 4.90. The molecule has 0 heterocycles. The van der Waals surface area contributed by atoms with Gasteiger partial charge in [-0.1, -0.05) is 25.5 Å². The smallest absolute Gasteiger partial charge is 0.325 e. The zero-order valence-electron chi connectivity index (χ0n) is 7.80. The number of carboxylic acids is 1. The zero-order chi connectivity index (χ0) is 9.85. The lowest BCUT2D eigenvalue weighted by Crippen LogP contribution is -2.21. The molecule has 0 aromatic heterocycles. The molecule has 72 valence electrons. The lowest BCUT2D eigenvalue weighted by molar-refractivity contribution is -0.138. The highest BCUT2D eigenvalue weighted by atomic mass is 35.5. The van der Waals surface area contributed by atoms with Crippen molar-refractivity contribution in [1.29, 1.82) is 0 Å². The van der Waals surface area contributed by atoms with Crippen LogP contribution >= 0.6 is 11.6 Å². The number of rotatable bonds is 2. The standard InChI is InChI=1S/C10H13ClO2/c1-9(2)7(5-6-3-4-6)10(9,11)8(12)13/h5,7H,3-4H2,1-2H3,(H,12,13). The van der Waals surface area contributed by atoms with Gasteiger partial charge in [-0.15, -0.1) is 11.6 Å². The minimum Gasteiger partial charge on any atom is -0.480 e. The van der Waals surface area contributed by atoms with Gasteiger partial charge in [0.15, 0.2) is 4.87 Å². The van der Waals surface area contributed by atoms with Crippen molar-refractivity contribution in [3.63, 3.8) is 0 Å². The quantitative estimate of drug-likeness (QED) is 0.549. The van der Waals surface area contributed by atoms with Crippen LogP contribution < -0.4 is 0 Å². The molecule has 2 rings (SSSR count). The Morgan fingerprint density at radius 2 is 2.15 bits per heavy atom. The Hall–Kier alpha value is -0.500. The Morgan fingerprint density at radius 1 is 1.62 bits per heavy atom. The van der Waals surface area contributed by atoms with Crippen molar-refractivity contribution in [2.24, 2.45) is 11.3 Å². The van der Waals surface area contributed by atoms with E-state index in [0.717, 1.165) is 12.8 Å². The highest BCUT2D eigenvalue weighted by Crippen LogP contribution is 2.67. The number of hydrogen-bond donors (Lipinski definition) is 1. The average Bonchev–Trinajstić information content (AvgIpc) is 2.87. The molecular weight excluding hydrogens is 188 g/mol. The van der Waals surface area contributed by atoms with Crippen molar-refractivity contribution in [3.8, 4) is 0 Å². The second-order valence-corrected chi connectivity index (χ2v) is 5.14. The molecule has 0 aliphatic heterocycles. The largest absolute Gasteiger partial charge is 0.480 e. The number of halogens is 1. The molecule has 2 nitrogen and oxygen atoms in total. The minimum atomic E-state index is -1.05. The molecule has 2 fully saturated rings. The first-order chi connectivity index (χ1) is 5.90. The molecule has 0 saturated heterocycles. The highest BCUT2D eigenvalue weighted by Gasteiger charge is 2.74. The topological polar surface area (TPSA) is 37.3 Å². The lowest BCUT2D eigenvalue weighted by atomic mass is 10.1. The van der Waals surface area contributed by atoms with Crippen LogP contribution in [-0.2, 0) is 4.79 Å². The van der Waals surface area contributed by atoms with Gasteiger partial charge in [0.2, 0.25) is 0 Å². The van der Waals surface area contributed by atoms with E-state index in [1.807, 2.05) is 13.8 Å². The second kappa shape index (κ2) is 2.30. The Bertz CT molecular complexity index is 300. The van der Waals surface area contributed by atoms with Crippen LogP contribution in [0.4, 0.5) is 0 Å². The third kappa shape index (κ3) is 1.05. The van der Waals surface area contributed by atoms with Crippen LogP contribution in [0.3, 0.4) is 0 Å². The third-order valence-electron chi connectivity index (χ3n) is 3.31. The molecule has 0 spiro atoms. The number of alkyl halides is 1. The summed E-state index contributed by atoms with van der Waals surface area (Å²) in [5.74, 6) is -0.877. The van der Waals surface area contributed by atoms with E-state index in [1.165, 1.54) is 5.57 Å². The van der Waals surface area contributed by atoms with Gasteiger partial charge in [0.1, 0.15) is 0 Å². The van der Waals surface area contributed by atoms with Crippen LogP contribution in [0.2, 0.25) is 0 Å². The molecule has 1 N–H and O–H groups in total. The van der Waals surface area contributed by atoms with E-state index in [9.17, 15) is 4.79 Å². The molecular formula is C10H13ClO2. The summed E-state index contributed by atoms with van der Waals surface area (Å²) in [4.78, 5) is 9.90. The normalized spacial score (nSPS) is 39.9. The van der Waals surface area contributed by atoms with Gasteiger partial charge < -0.3 is 5.11 Å². The van der Waals surface area contributed by atoms with E-state index < -0.39 is 10.8 Å². The average molecular weight is 201 g/mol. The van der Waals surface area contributed by atoms with E-state index in [2.05, 4.69) is 6.08 Å². The molecule has 0 radical (unpaired) electrons. The molecule has 0 amide bonds. The van der Waals surface area contributed by atoms with Gasteiger partial charge in [-0.2, -0.15) is 0 Å². The number of allylic oxidation sites excluding steroid dienone is 2. The first kappa shape index (κ1) is 9.07. The van der Waals surface area contributed by atoms with Gasteiger partial charge in [0.25, 0.3) is 0 Å². The van der Waals surface area contributed by atoms with E-state index in [-0.39, 0.29) is 11.3 Å². The molecule has 13 heavy (non-hydrogen) atoms.